The second kappa shape index (κ2) is 11.1. The summed E-state index contributed by atoms with van der Waals surface area (Å²) in [5, 5.41) is 3.49. The first-order valence-electron chi connectivity index (χ1n) is 8.08. The summed E-state index contributed by atoms with van der Waals surface area (Å²) in [6.45, 7) is 12.7. The molecule has 0 aliphatic heterocycles. The van der Waals surface area contributed by atoms with Crippen LogP contribution in [-0.2, 0) is 11.3 Å². The van der Waals surface area contributed by atoms with Gasteiger partial charge in [0, 0.05) is 23.8 Å². The molecular formula is C18H31NOS. The summed E-state index contributed by atoms with van der Waals surface area (Å²) in [5.74, 6) is 2.46. The molecule has 1 aromatic carbocycles. The van der Waals surface area contributed by atoms with Gasteiger partial charge in [0.25, 0.3) is 0 Å². The van der Waals surface area contributed by atoms with Crippen LogP contribution in [0.3, 0.4) is 0 Å². The van der Waals surface area contributed by atoms with Crippen LogP contribution in [0.4, 0.5) is 0 Å². The second-order valence-electron chi connectivity index (χ2n) is 6.32. The first kappa shape index (κ1) is 18.5. The van der Waals surface area contributed by atoms with Crippen LogP contribution in [0, 0.1) is 11.8 Å². The molecule has 0 radical (unpaired) electrons. The van der Waals surface area contributed by atoms with E-state index in [1.54, 1.807) is 0 Å². The van der Waals surface area contributed by atoms with E-state index in [-0.39, 0.29) is 0 Å². The molecule has 0 aliphatic carbocycles. The highest BCUT2D eigenvalue weighted by Gasteiger charge is 1.99. The Balaban J connectivity index is 2.20. The molecule has 0 saturated carbocycles. The normalized spacial score (nSPS) is 11.5. The number of ether oxygens (including phenoxy) is 1. The summed E-state index contributed by atoms with van der Waals surface area (Å²) >= 11 is 1.88. The molecule has 0 aliphatic rings. The van der Waals surface area contributed by atoms with Crippen LogP contribution in [0.15, 0.2) is 29.2 Å². The van der Waals surface area contributed by atoms with Crippen molar-refractivity contribution in [3.05, 3.63) is 29.8 Å². The van der Waals surface area contributed by atoms with Crippen molar-refractivity contribution in [2.75, 3.05) is 25.5 Å². The number of hydrogen-bond acceptors (Lipinski definition) is 3. The molecule has 0 spiro atoms. The highest BCUT2D eigenvalue weighted by molar-refractivity contribution is 7.99. The summed E-state index contributed by atoms with van der Waals surface area (Å²) in [5.41, 5.74) is 1.36. The van der Waals surface area contributed by atoms with Gasteiger partial charge in [-0.1, -0.05) is 39.8 Å². The van der Waals surface area contributed by atoms with Crippen molar-refractivity contribution in [3.63, 3.8) is 0 Å². The fourth-order valence-corrected chi connectivity index (χ4v) is 2.74. The second-order valence-corrected chi connectivity index (χ2v) is 7.48. The number of thioether (sulfide) groups is 1. The zero-order chi connectivity index (χ0) is 15.5. The molecule has 0 amide bonds. The molecule has 120 valence electrons. The lowest BCUT2D eigenvalue weighted by atomic mass is 10.1. The Morgan fingerprint density at radius 2 is 1.90 bits per heavy atom. The van der Waals surface area contributed by atoms with Crippen LogP contribution in [-0.4, -0.2) is 25.5 Å². The van der Waals surface area contributed by atoms with Gasteiger partial charge in [-0.2, -0.15) is 0 Å². The molecular weight excluding hydrogens is 278 g/mol. The Hall–Kier alpha value is -0.510. The van der Waals surface area contributed by atoms with Gasteiger partial charge in [-0.15, -0.1) is 11.8 Å². The van der Waals surface area contributed by atoms with Crippen molar-refractivity contribution < 1.29 is 4.74 Å². The Bertz CT molecular complexity index is 379. The minimum atomic E-state index is 0.700. The largest absolute Gasteiger partial charge is 0.381 e. The van der Waals surface area contributed by atoms with Gasteiger partial charge >= 0.3 is 0 Å². The Labute approximate surface area is 135 Å². The molecule has 0 heterocycles. The van der Waals surface area contributed by atoms with Gasteiger partial charge in [0.15, 0.2) is 0 Å². The van der Waals surface area contributed by atoms with Crippen molar-refractivity contribution in [1.29, 1.82) is 0 Å². The van der Waals surface area contributed by atoms with E-state index in [4.69, 9.17) is 4.74 Å². The number of benzene rings is 1. The van der Waals surface area contributed by atoms with Gasteiger partial charge in [-0.3, -0.25) is 0 Å². The molecule has 0 unspecified atom stereocenters. The predicted octanol–water partition coefficient (Wildman–Crippen LogP) is 4.59. The fourth-order valence-electron chi connectivity index (χ4n) is 1.89. The lowest BCUT2D eigenvalue weighted by Gasteiger charge is -2.09. The number of rotatable bonds is 11. The average molecular weight is 310 g/mol. The maximum Gasteiger partial charge on any atom is 0.0560 e. The van der Waals surface area contributed by atoms with Crippen molar-refractivity contribution in [1.82, 2.24) is 5.32 Å². The van der Waals surface area contributed by atoms with E-state index in [2.05, 4.69) is 57.3 Å². The first-order valence-corrected chi connectivity index (χ1v) is 9.06. The summed E-state index contributed by atoms with van der Waals surface area (Å²) in [7, 11) is 0. The highest BCUT2D eigenvalue weighted by Crippen LogP contribution is 2.19. The Morgan fingerprint density at radius 1 is 1.10 bits per heavy atom. The zero-order valence-electron chi connectivity index (χ0n) is 14.0. The van der Waals surface area contributed by atoms with Crippen LogP contribution in [0.1, 0.15) is 39.7 Å². The van der Waals surface area contributed by atoms with Gasteiger partial charge in [0.1, 0.15) is 0 Å². The molecule has 1 aromatic rings. The van der Waals surface area contributed by atoms with Gasteiger partial charge < -0.3 is 10.1 Å². The van der Waals surface area contributed by atoms with E-state index in [1.165, 1.54) is 10.5 Å². The third kappa shape index (κ3) is 9.94. The molecule has 21 heavy (non-hydrogen) atoms. The van der Waals surface area contributed by atoms with Gasteiger partial charge in [-0.25, -0.2) is 0 Å². The third-order valence-corrected chi connectivity index (χ3v) is 4.07. The molecule has 3 heteroatoms. The lowest BCUT2D eigenvalue weighted by Crippen LogP contribution is -2.18. The topological polar surface area (TPSA) is 21.3 Å². The molecule has 0 bridgehead atoms. The molecule has 0 fully saturated rings. The minimum Gasteiger partial charge on any atom is -0.381 e. The van der Waals surface area contributed by atoms with Crippen LogP contribution < -0.4 is 5.32 Å². The van der Waals surface area contributed by atoms with Crippen molar-refractivity contribution in [2.24, 2.45) is 11.8 Å². The zero-order valence-corrected chi connectivity index (χ0v) is 14.8. The molecule has 1 rings (SSSR count). The van der Waals surface area contributed by atoms with Crippen LogP contribution in [0.2, 0.25) is 0 Å². The molecule has 0 aromatic heterocycles. The Kier molecular flexibility index (Phi) is 9.81. The summed E-state index contributed by atoms with van der Waals surface area (Å²) in [4.78, 5) is 1.34. The number of hydrogen-bond donors (Lipinski definition) is 1. The van der Waals surface area contributed by atoms with E-state index in [9.17, 15) is 0 Å². The van der Waals surface area contributed by atoms with Crippen LogP contribution in [0.25, 0.3) is 0 Å². The van der Waals surface area contributed by atoms with Crippen molar-refractivity contribution in [2.45, 2.75) is 45.6 Å². The molecule has 0 atom stereocenters. The van der Waals surface area contributed by atoms with Crippen molar-refractivity contribution in [3.8, 4) is 0 Å². The van der Waals surface area contributed by atoms with E-state index in [0.717, 1.165) is 44.4 Å². The van der Waals surface area contributed by atoms with E-state index in [1.807, 2.05) is 11.8 Å². The summed E-state index contributed by atoms with van der Waals surface area (Å²) in [6.07, 6.45) is 1.15. The first-order chi connectivity index (χ1) is 10.1. The van der Waals surface area contributed by atoms with Crippen molar-refractivity contribution >= 4 is 11.8 Å². The maximum atomic E-state index is 5.65. The van der Waals surface area contributed by atoms with Crippen LogP contribution >= 0.6 is 11.8 Å². The van der Waals surface area contributed by atoms with E-state index in [0.29, 0.717) is 5.92 Å². The molecule has 0 saturated heterocycles. The molecule has 2 nitrogen and oxygen atoms in total. The summed E-state index contributed by atoms with van der Waals surface area (Å²) < 4.78 is 5.65. The third-order valence-electron chi connectivity index (χ3n) is 3.12. The maximum absolute atomic E-state index is 5.65. The fraction of sp³-hybridized carbons (Fsp3) is 0.667. The average Bonchev–Trinajstić information content (AvgIpc) is 2.42. The van der Waals surface area contributed by atoms with Gasteiger partial charge in [0.05, 0.1) is 6.61 Å². The van der Waals surface area contributed by atoms with E-state index >= 15 is 0 Å². The monoisotopic (exact) mass is 309 g/mol. The van der Waals surface area contributed by atoms with E-state index < -0.39 is 0 Å². The minimum absolute atomic E-state index is 0.700. The number of nitrogens with one attached hydrogen (secondary N) is 1. The lowest BCUT2D eigenvalue weighted by molar-refractivity contribution is 0.138. The predicted molar refractivity (Wildman–Crippen MR) is 94.0 cm³/mol. The Morgan fingerprint density at radius 3 is 2.62 bits per heavy atom. The SMILES string of the molecule is CC(C)CCOCCSc1cccc(CNCC(C)C)c1. The van der Waals surface area contributed by atoms with Gasteiger partial charge in [-0.05, 0) is 42.5 Å². The van der Waals surface area contributed by atoms with Gasteiger partial charge in [0.2, 0.25) is 0 Å². The highest BCUT2D eigenvalue weighted by atomic mass is 32.2. The summed E-state index contributed by atoms with van der Waals surface area (Å²) in [6, 6.07) is 8.81. The quantitative estimate of drug-likeness (QED) is 0.477. The smallest absolute Gasteiger partial charge is 0.0560 e. The van der Waals surface area contributed by atoms with Crippen LogP contribution in [0.5, 0.6) is 0 Å². The molecule has 1 N–H and O–H groups in total. The standard InChI is InChI=1S/C18H31NOS/c1-15(2)8-9-20-10-11-21-18-7-5-6-17(12-18)14-19-13-16(3)4/h5-7,12,15-16,19H,8-11,13-14H2,1-4H3.